The van der Waals surface area contributed by atoms with Gasteiger partial charge in [0.1, 0.15) is 11.4 Å². The fourth-order valence-corrected chi connectivity index (χ4v) is 5.63. The van der Waals surface area contributed by atoms with Gasteiger partial charge in [-0.3, -0.25) is 9.48 Å². The molecule has 0 bridgehead atoms. The van der Waals surface area contributed by atoms with E-state index in [4.69, 9.17) is 9.84 Å². The van der Waals surface area contributed by atoms with Crippen LogP contribution in [0.1, 0.15) is 73.6 Å². The number of hydrogen-bond donors (Lipinski definition) is 1. The van der Waals surface area contributed by atoms with E-state index < -0.39 is 0 Å². The molecule has 2 aromatic heterocycles. The Morgan fingerprint density at radius 2 is 1.91 bits per heavy atom. The maximum Gasteiger partial charge on any atom is 0.274 e. The molecule has 0 spiro atoms. The van der Waals surface area contributed by atoms with Gasteiger partial charge in [-0.25, -0.2) is 4.98 Å². The Balaban J connectivity index is 1.23. The second-order valence-electron chi connectivity index (χ2n) is 10.2. The molecular weight excluding hydrogens is 438 g/mol. The minimum atomic E-state index is -0.249. The highest BCUT2D eigenvalue weighted by atomic mass is 16.5. The molecule has 1 saturated heterocycles. The van der Waals surface area contributed by atoms with Gasteiger partial charge in [-0.15, -0.1) is 0 Å². The maximum atomic E-state index is 12.8. The number of carbonyl (C=O) groups excluding carboxylic acids is 1. The number of piperidine rings is 1. The number of methoxy groups -OCH3 is 1. The molecule has 7 nitrogen and oxygen atoms in total. The normalized spacial score (nSPS) is 21.2. The molecule has 1 amide bonds. The number of nitrogens with one attached hydrogen (secondary N) is 1. The molecule has 5 rings (SSSR count). The zero-order valence-corrected chi connectivity index (χ0v) is 21.0. The lowest BCUT2D eigenvalue weighted by Crippen LogP contribution is -2.32. The number of carbonyl (C=O) groups is 1. The molecule has 1 N–H and O–H groups in total. The number of anilines is 1. The topological polar surface area (TPSA) is 72.3 Å². The third kappa shape index (κ3) is 5.67. The van der Waals surface area contributed by atoms with E-state index in [1.165, 1.54) is 71.0 Å². The van der Waals surface area contributed by atoms with E-state index in [1.807, 2.05) is 31.2 Å². The summed E-state index contributed by atoms with van der Waals surface area (Å²) in [5.74, 6) is 1.20. The number of likely N-dealkylation sites (tertiary alicyclic amines) is 1. The van der Waals surface area contributed by atoms with Crippen LogP contribution in [0.15, 0.2) is 36.5 Å². The lowest BCUT2D eigenvalue weighted by Gasteiger charge is -2.32. The van der Waals surface area contributed by atoms with E-state index in [2.05, 4.69) is 26.1 Å². The molecule has 1 aliphatic carbocycles. The number of pyridine rings is 1. The first-order chi connectivity index (χ1) is 17.1. The molecular formula is C28H37N5O2. The first-order valence-corrected chi connectivity index (χ1v) is 13.1. The number of rotatable bonds is 7. The van der Waals surface area contributed by atoms with E-state index in [0.717, 1.165) is 22.5 Å². The summed E-state index contributed by atoms with van der Waals surface area (Å²) in [4.78, 5) is 19.7. The van der Waals surface area contributed by atoms with Gasteiger partial charge < -0.3 is 15.0 Å². The van der Waals surface area contributed by atoms with Gasteiger partial charge in [0.25, 0.3) is 5.91 Å². The van der Waals surface area contributed by atoms with Gasteiger partial charge in [-0.2, -0.15) is 5.10 Å². The van der Waals surface area contributed by atoms with Crippen molar-refractivity contribution >= 4 is 22.5 Å². The van der Waals surface area contributed by atoms with Gasteiger partial charge in [-0.05, 0) is 95.6 Å². The van der Waals surface area contributed by atoms with E-state index in [9.17, 15) is 4.79 Å². The van der Waals surface area contributed by atoms with Gasteiger partial charge in [-0.1, -0.05) is 12.5 Å². The minimum Gasteiger partial charge on any atom is -0.494 e. The van der Waals surface area contributed by atoms with Crippen LogP contribution in [0.5, 0.6) is 5.75 Å². The van der Waals surface area contributed by atoms with Gasteiger partial charge >= 0.3 is 0 Å². The van der Waals surface area contributed by atoms with Gasteiger partial charge in [0, 0.05) is 23.3 Å². The van der Waals surface area contributed by atoms with Crippen molar-refractivity contribution < 1.29 is 9.53 Å². The van der Waals surface area contributed by atoms with E-state index in [0.29, 0.717) is 23.2 Å². The summed E-state index contributed by atoms with van der Waals surface area (Å²) in [5.41, 5.74) is 2.72. The smallest absolute Gasteiger partial charge is 0.274 e. The number of amides is 1. The van der Waals surface area contributed by atoms with Crippen molar-refractivity contribution in [3.05, 3.63) is 47.9 Å². The second-order valence-corrected chi connectivity index (χ2v) is 10.2. The van der Waals surface area contributed by atoms with Crippen molar-refractivity contribution in [2.24, 2.45) is 5.92 Å². The van der Waals surface area contributed by atoms with Crippen molar-refractivity contribution in [3.8, 4) is 5.75 Å². The average Bonchev–Trinajstić information content (AvgIpc) is 3.31. The van der Waals surface area contributed by atoms with E-state index in [-0.39, 0.29) is 5.91 Å². The van der Waals surface area contributed by atoms with Crippen LogP contribution in [-0.4, -0.2) is 52.3 Å². The Labute approximate surface area is 207 Å². The number of hydrogen-bond acceptors (Lipinski definition) is 5. The third-order valence-electron chi connectivity index (χ3n) is 7.71. The fraction of sp³-hybridized carbons (Fsp3) is 0.536. The molecule has 35 heavy (non-hydrogen) atoms. The predicted molar refractivity (Wildman–Crippen MR) is 139 cm³/mol. The highest BCUT2D eigenvalue weighted by Crippen LogP contribution is 2.36. The van der Waals surface area contributed by atoms with Crippen LogP contribution >= 0.6 is 0 Å². The van der Waals surface area contributed by atoms with Gasteiger partial charge in [0.05, 0.1) is 24.4 Å². The molecule has 3 heterocycles. The van der Waals surface area contributed by atoms with E-state index in [1.54, 1.807) is 13.2 Å². The largest absolute Gasteiger partial charge is 0.494 e. The number of aryl methyl sites for hydroxylation is 1. The summed E-state index contributed by atoms with van der Waals surface area (Å²) < 4.78 is 7.71. The summed E-state index contributed by atoms with van der Waals surface area (Å²) in [6.45, 7) is 5.73. The number of aromatic nitrogens is 3. The predicted octanol–water partition coefficient (Wildman–Crippen LogP) is 5.61. The highest BCUT2D eigenvalue weighted by molar-refractivity contribution is 6.05. The molecule has 186 valence electrons. The Bertz CT molecular complexity index is 1160. The molecule has 0 radical (unpaired) electrons. The lowest BCUT2D eigenvalue weighted by molar-refractivity contribution is 0.102. The Hall–Kier alpha value is -2.93. The summed E-state index contributed by atoms with van der Waals surface area (Å²) in [6.07, 6.45) is 12.5. The zero-order valence-electron chi connectivity index (χ0n) is 21.0. The number of fused-ring (bicyclic) bond motifs is 1. The molecule has 1 aliphatic heterocycles. The minimum absolute atomic E-state index is 0.249. The SMILES string of the molecule is COc1cc2nn(C3CCC(CCN4CCCCC4)CC3)cc2cc1NC(=O)c1cccc(C)n1. The first-order valence-electron chi connectivity index (χ1n) is 13.1. The van der Waals surface area contributed by atoms with Crippen LogP contribution in [0, 0.1) is 12.8 Å². The highest BCUT2D eigenvalue weighted by Gasteiger charge is 2.24. The average molecular weight is 476 g/mol. The summed E-state index contributed by atoms with van der Waals surface area (Å²) >= 11 is 0. The molecule has 1 saturated carbocycles. The lowest BCUT2D eigenvalue weighted by atomic mass is 9.84. The van der Waals surface area contributed by atoms with Crippen molar-refractivity contribution in [2.45, 2.75) is 64.3 Å². The van der Waals surface area contributed by atoms with Crippen LogP contribution in [0.2, 0.25) is 0 Å². The summed E-state index contributed by atoms with van der Waals surface area (Å²) in [5, 5.41) is 8.85. The quantitative estimate of drug-likeness (QED) is 0.481. The summed E-state index contributed by atoms with van der Waals surface area (Å²) in [7, 11) is 1.61. The van der Waals surface area contributed by atoms with Crippen molar-refractivity contribution in [3.63, 3.8) is 0 Å². The van der Waals surface area contributed by atoms with Crippen molar-refractivity contribution in [1.82, 2.24) is 19.7 Å². The van der Waals surface area contributed by atoms with Gasteiger partial charge in [0.2, 0.25) is 0 Å². The third-order valence-corrected chi connectivity index (χ3v) is 7.71. The number of ether oxygens (including phenoxy) is 1. The molecule has 7 heteroatoms. The number of benzene rings is 1. The monoisotopic (exact) mass is 475 g/mol. The Kier molecular flexibility index (Phi) is 7.32. The van der Waals surface area contributed by atoms with Crippen LogP contribution < -0.4 is 10.1 Å². The van der Waals surface area contributed by atoms with E-state index >= 15 is 0 Å². The molecule has 0 unspecified atom stereocenters. The standard InChI is InChI=1S/C28H37N5O2/c1-20-7-6-8-24(29-20)28(34)30-26-17-22-19-33(31-25(22)18-27(26)35-2)23-11-9-21(10-12-23)13-16-32-14-4-3-5-15-32/h6-8,17-19,21,23H,3-5,9-16H2,1-2H3,(H,30,34). The maximum absolute atomic E-state index is 12.8. The van der Waals surface area contributed by atoms with Gasteiger partial charge in [0.15, 0.2) is 0 Å². The zero-order chi connectivity index (χ0) is 24.2. The summed E-state index contributed by atoms with van der Waals surface area (Å²) in [6, 6.07) is 9.73. The molecule has 3 aromatic rings. The van der Waals surface area contributed by atoms with Crippen LogP contribution in [0.4, 0.5) is 5.69 Å². The Morgan fingerprint density at radius 3 is 2.66 bits per heavy atom. The molecule has 2 fully saturated rings. The van der Waals surface area contributed by atoms with Crippen LogP contribution in [0.3, 0.4) is 0 Å². The second kappa shape index (κ2) is 10.8. The van der Waals surface area contributed by atoms with Crippen LogP contribution in [0.25, 0.3) is 10.9 Å². The molecule has 1 aromatic carbocycles. The molecule has 0 atom stereocenters. The number of nitrogens with zero attached hydrogens (tertiary/aromatic N) is 4. The van der Waals surface area contributed by atoms with Crippen molar-refractivity contribution in [1.29, 1.82) is 0 Å². The van der Waals surface area contributed by atoms with Crippen molar-refractivity contribution in [2.75, 3.05) is 32.1 Å². The Morgan fingerprint density at radius 1 is 1.11 bits per heavy atom. The van der Waals surface area contributed by atoms with Crippen LogP contribution in [-0.2, 0) is 0 Å². The first kappa shape index (κ1) is 23.8. The molecule has 2 aliphatic rings. The fourth-order valence-electron chi connectivity index (χ4n) is 5.63.